The second-order valence-corrected chi connectivity index (χ2v) is 4.32. The molecule has 0 spiro atoms. The third kappa shape index (κ3) is 1.13. The van der Waals surface area contributed by atoms with E-state index in [-0.39, 0.29) is 5.54 Å². The van der Waals surface area contributed by atoms with E-state index in [2.05, 4.69) is 28.6 Å². The summed E-state index contributed by atoms with van der Waals surface area (Å²) in [6, 6.07) is 8.36. The molecule has 0 saturated heterocycles. The van der Waals surface area contributed by atoms with Crippen molar-refractivity contribution < 1.29 is 0 Å². The van der Waals surface area contributed by atoms with Crippen molar-refractivity contribution in [3.63, 3.8) is 0 Å². The summed E-state index contributed by atoms with van der Waals surface area (Å²) in [5.74, 6) is 0. The summed E-state index contributed by atoms with van der Waals surface area (Å²) in [4.78, 5) is 0. The Balaban J connectivity index is 2.29. The van der Waals surface area contributed by atoms with Gasteiger partial charge in [0.25, 0.3) is 0 Å². The highest BCUT2D eigenvalue weighted by Gasteiger charge is 2.46. The van der Waals surface area contributed by atoms with E-state index in [1.54, 1.807) is 0 Å². The maximum absolute atomic E-state index is 4.54. The van der Waals surface area contributed by atoms with Crippen molar-refractivity contribution in [2.45, 2.75) is 18.4 Å². The molecule has 1 aromatic heterocycles. The van der Waals surface area contributed by atoms with E-state index >= 15 is 0 Å². The number of nitrogens with one attached hydrogen (secondary N) is 1. The molecule has 3 heteroatoms. The Hall–Kier alpha value is -1.35. The van der Waals surface area contributed by atoms with Gasteiger partial charge in [-0.2, -0.15) is 5.10 Å². The Morgan fingerprint density at radius 2 is 2.07 bits per heavy atom. The molecule has 1 aromatic carbocycles. The lowest BCUT2D eigenvalue weighted by atomic mass is 10.1. The zero-order valence-electron chi connectivity index (χ0n) is 9.12. The second-order valence-electron chi connectivity index (χ2n) is 4.32. The summed E-state index contributed by atoms with van der Waals surface area (Å²) in [5.41, 5.74) is 2.61. The molecule has 0 unspecified atom stereocenters. The first kappa shape index (κ1) is 8.92. The van der Waals surface area contributed by atoms with E-state index in [0.29, 0.717) is 0 Å². The van der Waals surface area contributed by atoms with Gasteiger partial charge in [-0.1, -0.05) is 18.2 Å². The van der Waals surface area contributed by atoms with E-state index in [9.17, 15) is 0 Å². The van der Waals surface area contributed by atoms with Gasteiger partial charge in [-0.3, -0.25) is 4.68 Å². The molecule has 1 fully saturated rings. The Morgan fingerprint density at radius 3 is 2.73 bits per heavy atom. The minimum Gasteiger partial charge on any atom is -0.309 e. The fourth-order valence-electron chi connectivity index (χ4n) is 2.44. The molecule has 0 atom stereocenters. The molecule has 1 N–H and O–H groups in total. The normalized spacial score (nSPS) is 18.3. The average Bonchev–Trinajstić information content (AvgIpc) is 2.95. The first-order valence-electron chi connectivity index (χ1n) is 5.38. The van der Waals surface area contributed by atoms with Crippen LogP contribution in [0.2, 0.25) is 0 Å². The number of aryl methyl sites for hydroxylation is 1. The van der Waals surface area contributed by atoms with Crippen LogP contribution in [0.15, 0.2) is 24.3 Å². The Kier molecular flexibility index (Phi) is 1.68. The van der Waals surface area contributed by atoms with Gasteiger partial charge in [0, 0.05) is 12.4 Å². The molecule has 15 heavy (non-hydrogen) atoms. The van der Waals surface area contributed by atoms with Crippen molar-refractivity contribution in [3.05, 3.63) is 30.0 Å². The lowest BCUT2D eigenvalue weighted by molar-refractivity contribution is 0.531. The van der Waals surface area contributed by atoms with Gasteiger partial charge in [-0.15, -0.1) is 0 Å². The van der Waals surface area contributed by atoms with E-state index in [1.165, 1.54) is 23.9 Å². The smallest absolute Gasteiger partial charge is 0.0926 e. The molecule has 3 rings (SSSR count). The third-order valence-corrected chi connectivity index (χ3v) is 3.42. The summed E-state index contributed by atoms with van der Waals surface area (Å²) in [7, 11) is 4.07. The lowest BCUT2D eigenvalue weighted by Crippen LogP contribution is -2.27. The van der Waals surface area contributed by atoms with Crippen molar-refractivity contribution in [2.75, 3.05) is 7.05 Å². The van der Waals surface area contributed by atoms with Crippen LogP contribution in [-0.4, -0.2) is 16.8 Å². The van der Waals surface area contributed by atoms with Gasteiger partial charge in [0.1, 0.15) is 0 Å². The summed E-state index contributed by atoms with van der Waals surface area (Å²) < 4.78 is 2.02. The Bertz CT molecular complexity index is 509. The monoisotopic (exact) mass is 201 g/mol. The van der Waals surface area contributed by atoms with Crippen LogP contribution < -0.4 is 5.32 Å². The van der Waals surface area contributed by atoms with E-state index in [4.69, 9.17) is 0 Å². The summed E-state index contributed by atoms with van der Waals surface area (Å²) in [5, 5.41) is 9.26. The van der Waals surface area contributed by atoms with Crippen molar-refractivity contribution in [3.8, 4) is 0 Å². The van der Waals surface area contributed by atoms with Gasteiger partial charge in [0.05, 0.1) is 16.7 Å². The summed E-state index contributed by atoms with van der Waals surface area (Å²) >= 11 is 0. The lowest BCUT2D eigenvalue weighted by Gasteiger charge is -2.14. The zero-order chi connectivity index (χ0) is 10.5. The number of aromatic nitrogens is 2. The number of fused-ring (bicyclic) bond motifs is 1. The first-order valence-corrected chi connectivity index (χ1v) is 5.38. The molecule has 1 aliphatic rings. The van der Waals surface area contributed by atoms with Gasteiger partial charge >= 0.3 is 0 Å². The molecule has 0 aliphatic heterocycles. The van der Waals surface area contributed by atoms with E-state index in [0.717, 1.165) is 5.52 Å². The average molecular weight is 201 g/mol. The second kappa shape index (κ2) is 2.83. The van der Waals surface area contributed by atoms with Crippen LogP contribution in [0, 0.1) is 0 Å². The highest BCUT2D eigenvalue weighted by molar-refractivity contribution is 5.83. The predicted octanol–water partition coefficient (Wildman–Crippen LogP) is 1.78. The van der Waals surface area contributed by atoms with Crippen LogP contribution in [0.4, 0.5) is 0 Å². The largest absolute Gasteiger partial charge is 0.309 e. The number of hydrogen-bond donors (Lipinski definition) is 1. The molecule has 1 aliphatic carbocycles. The summed E-state index contributed by atoms with van der Waals surface area (Å²) in [6.07, 6.45) is 2.43. The first-order chi connectivity index (χ1) is 7.27. The number of rotatable bonds is 2. The van der Waals surface area contributed by atoms with Gasteiger partial charge in [0.2, 0.25) is 0 Å². The van der Waals surface area contributed by atoms with Gasteiger partial charge in [-0.25, -0.2) is 0 Å². The maximum atomic E-state index is 4.54. The van der Waals surface area contributed by atoms with Crippen molar-refractivity contribution in [1.29, 1.82) is 0 Å². The van der Waals surface area contributed by atoms with Gasteiger partial charge in [0.15, 0.2) is 0 Å². The van der Waals surface area contributed by atoms with Crippen molar-refractivity contribution in [1.82, 2.24) is 15.1 Å². The van der Waals surface area contributed by atoms with Gasteiger partial charge < -0.3 is 5.32 Å². The molecule has 0 amide bonds. The molecule has 3 nitrogen and oxygen atoms in total. The van der Waals surface area contributed by atoms with Crippen molar-refractivity contribution >= 4 is 10.9 Å². The molecule has 0 radical (unpaired) electrons. The van der Waals surface area contributed by atoms with E-state index in [1.807, 2.05) is 24.8 Å². The number of benzene rings is 1. The molecule has 2 aromatic rings. The van der Waals surface area contributed by atoms with Crippen LogP contribution in [0.1, 0.15) is 18.5 Å². The van der Waals surface area contributed by atoms with Crippen LogP contribution in [-0.2, 0) is 12.6 Å². The number of nitrogens with zero attached hydrogens (tertiary/aromatic N) is 2. The molecular weight excluding hydrogens is 186 g/mol. The van der Waals surface area contributed by atoms with Crippen LogP contribution in [0.5, 0.6) is 0 Å². The van der Waals surface area contributed by atoms with Crippen LogP contribution in [0.25, 0.3) is 10.9 Å². The highest BCUT2D eigenvalue weighted by atomic mass is 15.3. The molecule has 78 valence electrons. The molecular formula is C12H15N3. The maximum Gasteiger partial charge on any atom is 0.0926 e. The molecule has 1 saturated carbocycles. The minimum atomic E-state index is 0.185. The van der Waals surface area contributed by atoms with Crippen LogP contribution in [0.3, 0.4) is 0 Å². The molecule has 1 heterocycles. The number of hydrogen-bond acceptors (Lipinski definition) is 2. The van der Waals surface area contributed by atoms with Crippen molar-refractivity contribution in [2.24, 2.45) is 7.05 Å². The fourth-order valence-corrected chi connectivity index (χ4v) is 2.44. The van der Waals surface area contributed by atoms with Gasteiger partial charge in [-0.05, 0) is 26.0 Å². The van der Waals surface area contributed by atoms with Crippen LogP contribution >= 0.6 is 0 Å². The third-order valence-electron chi connectivity index (χ3n) is 3.42. The highest BCUT2D eigenvalue weighted by Crippen LogP contribution is 2.47. The molecule has 0 bridgehead atoms. The predicted molar refractivity (Wildman–Crippen MR) is 60.7 cm³/mol. The minimum absolute atomic E-state index is 0.185. The quantitative estimate of drug-likeness (QED) is 0.802. The topological polar surface area (TPSA) is 29.9 Å². The SMILES string of the molecule is CNC1(c2c3ccccc3nn2C)CC1. The van der Waals surface area contributed by atoms with E-state index < -0.39 is 0 Å². The Labute approximate surface area is 89.1 Å². The summed E-state index contributed by atoms with van der Waals surface area (Å²) in [6.45, 7) is 0. The Morgan fingerprint density at radius 1 is 1.33 bits per heavy atom. The zero-order valence-corrected chi connectivity index (χ0v) is 9.12. The standard InChI is InChI=1S/C12H15N3/c1-13-12(7-8-12)11-9-5-3-4-6-10(9)14-15(11)2/h3-6,13H,7-8H2,1-2H3. The fraction of sp³-hybridized carbons (Fsp3) is 0.417.